The molecule has 2 rings (SSSR count). The summed E-state index contributed by atoms with van der Waals surface area (Å²) in [7, 11) is 0. The predicted octanol–water partition coefficient (Wildman–Crippen LogP) is 3.25. The van der Waals surface area contributed by atoms with Crippen molar-refractivity contribution in [2.45, 2.75) is 6.92 Å². The van der Waals surface area contributed by atoms with Crippen molar-refractivity contribution >= 4 is 28.9 Å². The van der Waals surface area contributed by atoms with Crippen LogP contribution in [0.1, 0.15) is 5.56 Å². The summed E-state index contributed by atoms with van der Waals surface area (Å²) < 4.78 is 5.35. The lowest BCUT2D eigenvalue weighted by Crippen LogP contribution is -2.20. The van der Waals surface area contributed by atoms with Crippen LogP contribution in [0.3, 0.4) is 0 Å². The average Bonchev–Trinajstić information content (AvgIpc) is 2.42. The molecule has 0 bridgehead atoms. The number of nitrogen functional groups attached to an aromatic ring is 1. The first-order valence-electron chi connectivity index (χ1n) is 6.09. The van der Waals surface area contributed by atoms with E-state index in [0.717, 1.165) is 5.56 Å². The molecule has 104 valence electrons. The number of benzene rings is 2. The van der Waals surface area contributed by atoms with Gasteiger partial charge in [0.2, 0.25) is 0 Å². The number of nitrogens with one attached hydrogen (secondary N) is 1. The molecular formula is C15H15ClN2O2. The molecule has 0 aliphatic rings. The topological polar surface area (TPSA) is 64.3 Å². The van der Waals surface area contributed by atoms with E-state index in [9.17, 15) is 4.79 Å². The van der Waals surface area contributed by atoms with Gasteiger partial charge >= 0.3 is 0 Å². The van der Waals surface area contributed by atoms with Crippen LogP contribution in [0.5, 0.6) is 5.75 Å². The highest BCUT2D eigenvalue weighted by molar-refractivity contribution is 6.31. The Bertz CT molecular complexity index is 612. The lowest BCUT2D eigenvalue weighted by atomic mass is 10.2. The number of hydrogen-bond acceptors (Lipinski definition) is 3. The van der Waals surface area contributed by atoms with E-state index in [2.05, 4.69) is 5.32 Å². The van der Waals surface area contributed by atoms with Crippen LogP contribution >= 0.6 is 11.6 Å². The first kappa shape index (κ1) is 14.2. The van der Waals surface area contributed by atoms with Crippen molar-refractivity contribution in [2.24, 2.45) is 0 Å². The highest BCUT2D eigenvalue weighted by Crippen LogP contribution is 2.20. The third-order valence-corrected chi connectivity index (χ3v) is 3.11. The Balaban J connectivity index is 1.89. The van der Waals surface area contributed by atoms with E-state index in [4.69, 9.17) is 22.1 Å². The Hall–Kier alpha value is -2.20. The maximum Gasteiger partial charge on any atom is 0.262 e. The molecule has 0 atom stereocenters. The second-order valence-corrected chi connectivity index (χ2v) is 4.78. The van der Waals surface area contributed by atoms with Crippen molar-refractivity contribution in [3.8, 4) is 5.75 Å². The number of ether oxygens (including phenoxy) is 1. The number of nitrogens with two attached hydrogens (primary N) is 1. The molecule has 0 unspecified atom stereocenters. The molecule has 0 aliphatic heterocycles. The number of anilines is 2. The van der Waals surface area contributed by atoms with Crippen LogP contribution in [-0.2, 0) is 4.79 Å². The van der Waals surface area contributed by atoms with Gasteiger partial charge in [-0.2, -0.15) is 0 Å². The van der Waals surface area contributed by atoms with Gasteiger partial charge in [0.25, 0.3) is 5.91 Å². The van der Waals surface area contributed by atoms with Crippen LogP contribution in [0.15, 0.2) is 42.5 Å². The summed E-state index contributed by atoms with van der Waals surface area (Å²) in [5.41, 5.74) is 7.82. The number of carbonyl (C=O) groups is 1. The van der Waals surface area contributed by atoms with Gasteiger partial charge in [0, 0.05) is 16.4 Å². The van der Waals surface area contributed by atoms with Crippen molar-refractivity contribution in [3.63, 3.8) is 0 Å². The zero-order valence-corrected chi connectivity index (χ0v) is 11.8. The molecule has 0 saturated heterocycles. The lowest BCUT2D eigenvalue weighted by molar-refractivity contribution is -0.118. The zero-order chi connectivity index (χ0) is 14.5. The Morgan fingerprint density at radius 3 is 2.60 bits per heavy atom. The molecule has 0 spiro atoms. The van der Waals surface area contributed by atoms with E-state index in [0.29, 0.717) is 22.1 Å². The van der Waals surface area contributed by atoms with Gasteiger partial charge < -0.3 is 15.8 Å². The van der Waals surface area contributed by atoms with Crippen molar-refractivity contribution in [1.82, 2.24) is 0 Å². The molecule has 20 heavy (non-hydrogen) atoms. The lowest BCUT2D eigenvalue weighted by Gasteiger charge is -2.08. The van der Waals surface area contributed by atoms with Crippen LogP contribution in [0.25, 0.3) is 0 Å². The first-order valence-corrected chi connectivity index (χ1v) is 6.47. The third kappa shape index (κ3) is 3.90. The number of aryl methyl sites for hydroxylation is 1. The molecule has 1 amide bonds. The molecular weight excluding hydrogens is 276 g/mol. The second-order valence-electron chi connectivity index (χ2n) is 4.37. The van der Waals surface area contributed by atoms with E-state index < -0.39 is 0 Å². The van der Waals surface area contributed by atoms with E-state index in [1.165, 1.54) is 0 Å². The van der Waals surface area contributed by atoms with Crippen LogP contribution < -0.4 is 15.8 Å². The quantitative estimate of drug-likeness (QED) is 0.850. The Morgan fingerprint density at radius 2 is 1.95 bits per heavy atom. The van der Waals surface area contributed by atoms with E-state index >= 15 is 0 Å². The minimum atomic E-state index is -0.248. The highest BCUT2D eigenvalue weighted by atomic mass is 35.5. The van der Waals surface area contributed by atoms with Crippen LogP contribution in [0.2, 0.25) is 5.02 Å². The largest absolute Gasteiger partial charge is 0.484 e. The van der Waals surface area contributed by atoms with Crippen molar-refractivity contribution in [2.75, 3.05) is 17.7 Å². The molecule has 0 heterocycles. The maximum atomic E-state index is 11.7. The number of halogens is 1. The van der Waals surface area contributed by atoms with E-state index in [1.807, 2.05) is 13.0 Å². The van der Waals surface area contributed by atoms with Crippen molar-refractivity contribution < 1.29 is 9.53 Å². The highest BCUT2D eigenvalue weighted by Gasteiger charge is 2.05. The fraction of sp³-hybridized carbons (Fsp3) is 0.133. The summed E-state index contributed by atoms with van der Waals surface area (Å²) in [6.07, 6.45) is 0. The Labute approximate surface area is 122 Å². The van der Waals surface area contributed by atoms with Crippen molar-refractivity contribution in [1.29, 1.82) is 0 Å². The fourth-order valence-electron chi connectivity index (χ4n) is 1.58. The number of hydrogen-bond donors (Lipinski definition) is 2. The Morgan fingerprint density at radius 1 is 1.25 bits per heavy atom. The summed E-state index contributed by atoms with van der Waals surface area (Å²) in [6.45, 7) is 1.83. The van der Waals surface area contributed by atoms with Gasteiger partial charge in [0.1, 0.15) is 5.75 Å². The second kappa shape index (κ2) is 6.30. The number of rotatable bonds is 4. The smallest absolute Gasteiger partial charge is 0.262 e. The summed E-state index contributed by atoms with van der Waals surface area (Å²) in [6, 6.07) is 12.2. The minimum Gasteiger partial charge on any atom is -0.484 e. The molecule has 0 aromatic heterocycles. The molecule has 2 aromatic carbocycles. The fourth-order valence-corrected chi connectivity index (χ4v) is 1.76. The van der Waals surface area contributed by atoms with Crippen LogP contribution in [0, 0.1) is 6.92 Å². The number of amides is 1. The molecule has 0 aliphatic carbocycles. The Kier molecular flexibility index (Phi) is 4.48. The number of carbonyl (C=O) groups excluding carboxylic acids is 1. The van der Waals surface area contributed by atoms with Gasteiger partial charge in [-0.15, -0.1) is 0 Å². The molecule has 0 saturated carbocycles. The first-order chi connectivity index (χ1) is 9.54. The van der Waals surface area contributed by atoms with Gasteiger partial charge in [-0.25, -0.2) is 0 Å². The monoisotopic (exact) mass is 290 g/mol. The molecule has 5 heteroatoms. The summed E-state index contributed by atoms with van der Waals surface area (Å²) in [5, 5.41) is 3.33. The van der Waals surface area contributed by atoms with Crippen molar-refractivity contribution in [3.05, 3.63) is 53.1 Å². The standard InChI is InChI=1S/C15H15ClN2O2/c1-10-2-5-12(8-14(10)16)18-15(19)9-20-13-6-3-11(17)4-7-13/h2-8H,9,17H2,1H3,(H,18,19). The van der Waals surface area contributed by atoms with Crippen LogP contribution in [-0.4, -0.2) is 12.5 Å². The summed E-state index contributed by atoms with van der Waals surface area (Å²) in [4.78, 5) is 11.7. The normalized spacial score (nSPS) is 10.1. The summed E-state index contributed by atoms with van der Waals surface area (Å²) in [5.74, 6) is 0.345. The predicted molar refractivity (Wildman–Crippen MR) is 81.2 cm³/mol. The van der Waals surface area contributed by atoms with Gasteiger partial charge in [-0.05, 0) is 48.9 Å². The summed E-state index contributed by atoms with van der Waals surface area (Å²) >= 11 is 5.99. The van der Waals surface area contributed by atoms with E-state index in [-0.39, 0.29) is 12.5 Å². The SMILES string of the molecule is Cc1ccc(NC(=O)COc2ccc(N)cc2)cc1Cl. The molecule has 0 fully saturated rings. The minimum absolute atomic E-state index is 0.0740. The van der Waals surface area contributed by atoms with Gasteiger partial charge in [-0.1, -0.05) is 17.7 Å². The van der Waals surface area contributed by atoms with E-state index in [1.54, 1.807) is 36.4 Å². The molecule has 3 N–H and O–H groups in total. The molecule has 0 radical (unpaired) electrons. The van der Waals surface area contributed by atoms with Gasteiger partial charge in [0.15, 0.2) is 6.61 Å². The average molecular weight is 291 g/mol. The third-order valence-electron chi connectivity index (χ3n) is 2.71. The maximum absolute atomic E-state index is 11.7. The van der Waals surface area contributed by atoms with Gasteiger partial charge in [-0.3, -0.25) is 4.79 Å². The molecule has 2 aromatic rings. The zero-order valence-electron chi connectivity index (χ0n) is 11.0. The molecule has 4 nitrogen and oxygen atoms in total. The van der Waals surface area contributed by atoms with Gasteiger partial charge in [0.05, 0.1) is 0 Å². The van der Waals surface area contributed by atoms with Crippen LogP contribution in [0.4, 0.5) is 11.4 Å².